The average molecular weight is 292 g/mol. The van der Waals surface area contributed by atoms with Crippen molar-refractivity contribution in [1.82, 2.24) is 4.98 Å². The van der Waals surface area contributed by atoms with Gasteiger partial charge < -0.3 is 5.73 Å². The van der Waals surface area contributed by atoms with Crippen molar-refractivity contribution in [3.63, 3.8) is 0 Å². The van der Waals surface area contributed by atoms with Crippen molar-refractivity contribution >= 4 is 21.4 Å². The lowest BCUT2D eigenvalue weighted by Crippen LogP contribution is -2.14. The molecule has 0 amide bonds. The van der Waals surface area contributed by atoms with Gasteiger partial charge in [-0.3, -0.25) is 4.72 Å². The molecule has 0 bridgehead atoms. The topological polar surface area (TPSA) is 109 Å². The number of nitriles is 1. The molecule has 0 aliphatic rings. The molecule has 0 aliphatic heterocycles. The van der Waals surface area contributed by atoms with Crippen molar-refractivity contribution in [3.8, 4) is 6.07 Å². The van der Waals surface area contributed by atoms with Crippen LogP contribution in [0.3, 0.4) is 0 Å². The van der Waals surface area contributed by atoms with Crippen LogP contribution in [0, 0.1) is 17.3 Å². The van der Waals surface area contributed by atoms with E-state index in [1.807, 2.05) is 0 Å². The standard InChI is InChI=1S/C12H9FN4O2S/c13-12-4-2-10(7-16-12)17-20(18,19)11-3-1-9(15)5-8(11)6-14/h1-5,7,17H,15H2. The Bertz CT molecular complexity index is 782. The van der Waals surface area contributed by atoms with Crippen molar-refractivity contribution in [2.45, 2.75) is 4.90 Å². The van der Waals surface area contributed by atoms with Crippen molar-refractivity contribution in [2.75, 3.05) is 10.5 Å². The summed E-state index contributed by atoms with van der Waals surface area (Å²) in [5.41, 5.74) is 5.79. The van der Waals surface area contributed by atoms with Crippen LogP contribution in [0.15, 0.2) is 41.4 Å². The van der Waals surface area contributed by atoms with Crippen LogP contribution < -0.4 is 10.5 Å². The number of sulfonamides is 1. The Hall–Kier alpha value is -2.66. The fourth-order valence-corrected chi connectivity index (χ4v) is 2.70. The van der Waals surface area contributed by atoms with Crippen molar-refractivity contribution in [1.29, 1.82) is 5.26 Å². The molecule has 2 aromatic rings. The molecule has 0 atom stereocenters. The minimum Gasteiger partial charge on any atom is -0.399 e. The SMILES string of the molecule is N#Cc1cc(N)ccc1S(=O)(=O)Nc1ccc(F)nc1. The zero-order valence-electron chi connectivity index (χ0n) is 10.0. The summed E-state index contributed by atoms with van der Waals surface area (Å²) in [5.74, 6) is -0.724. The van der Waals surface area contributed by atoms with E-state index in [4.69, 9.17) is 11.0 Å². The molecule has 0 aliphatic carbocycles. The zero-order valence-corrected chi connectivity index (χ0v) is 10.9. The van der Waals surface area contributed by atoms with Gasteiger partial charge in [0.2, 0.25) is 5.95 Å². The summed E-state index contributed by atoms with van der Waals surface area (Å²) in [7, 11) is -3.98. The smallest absolute Gasteiger partial charge is 0.263 e. The third kappa shape index (κ3) is 2.84. The summed E-state index contributed by atoms with van der Waals surface area (Å²) < 4.78 is 39.2. The molecule has 102 valence electrons. The molecule has 6 nitrogen and oxygen atoms in total. The number of hydrogen-bond acceptors (Lipinski definition) is 5. The Balaban J connectivity index is 2.41. The fraction of sp³-hybridized carbons (Fsp3) is 0. The molecule has 2 rings (SSSR count). The van der Waals surface area contributed by atoms with Gasteiger partial charge in [-0.1, -0.05) is 0 Å². The fourth-order valence-electron chi connectivity index (χ4n) is 1.52. The summed E-state index contributed by atoms with van der Waals surface area (Å²) in [6.07, 6.45) is 1.04. The minimum absolute atomic E-state index is 0.0763. The molecular formula is C12H9FN4O2S. The monoisotopic (exact) mass is 292 g/mol. The number of aromatic nitrogens is 1. The van der Waals surface area contributed by atoms with E-state index in [2.05, 4.69) is 9.71 Å². The van der Waals surface area contributed by atoms with E-state index in [1.54, 1.807) is 6.07 Å². The summed E-state index contributed by atoms with van der Waals surface area (Å²) in [4.78, 5) is 3.13. The first kappa shape index (κ1) is 13.8. The molecule has 0 unspecified atom stereocenters. The minimum atomic E-state index is -3.98. The van der Waals surface area contributed by atoms with Gasteiger partial charge in [0.25, 0.3) is 10.0 Å². The largest absolute Gasteiger partial charge is 0.399 e. The third-order valence-electron chi connectivity index (χ3n) is 2.39. The van der Waals surface area contributed by atoms with E-state index in [-0.39, 0.29) is 21.8 Å². The Morgan fingerprint density at radius 3 is 2.65 bits per heavy atom. The van der Waals surface area contributed by atoms with Crippen LogP contribution >= 0.6 is 0 Å². The van der Waals surface area contributed by atoms with E-state index in [9.17, 15) is 12.8 Å². The summed E-state index contributed by atoms with van der Waals surface area (Å²) >= 11 is 0. The number of nitrogens with two attached hydrogens (primary N) is 1. The second kappa shape index (κ2) is 5.14. The number of pyridine rings is 1. The maximum Gasteiger partial charge on any atom is 0.263 e. The number of anilines is 2. The number of benzene rings is 1. The van der Waals surface area contributed by atoms with Crippen molar-refractivity contribution in [3.05, 3.63) is 48.0 Å². The normalized spacial score (nSPS) is 10.8. The quantitative estimate of drug-likeness (QED) is 0.657. The highest BCUT2D eigenvalue weighted by molar-refractivity contribution is 7.92. The maximum absolute atomic E-state index is 12.7. The van der Waals surface area contributed by atoms with Gasteiger partial charge in [-0.05, 0) is 30.3 Å². The van der Waals surface area contributed by atoms with E-state index in [0.29, 0.717) is 0 Å². The number of rotatable bonds is 3. The van der Waals surface area contributed by atoms with Gasteiger partial charge in [0.15, 0.2) is 0 Å². The molecule has 3 N–H and O–H groups in total. The van der Waals surface area contributed by atoms with E-state index in [0.717, 1.165) is 12.3 Å². The Kier molecular flexibility index (Phi) is 3.54. The number of nitrogens with zero attached hydrogens (tertiary/aromatic N) is 2. The molecule has 20 heavy (non-hydrogen) atoms. The van der Waals surface area contributed by atoms with E-state index >= 15 is 0 Å². The first-order chi connectivity index (χ1) is 9.42. The second-order valence-electron chi connectivity index (χ2n) is 3.84. The first-order valence-corrected chi connectivity index (χ1v) is 6.85. The highest BCUT2D eigenvalue weighted by Crippen LogP contribution is 2.21. The van der Waals surface area contributed by atoms with Gasteiger partial charge >= 0.3 is 0 Å². The predicted octanol–water partition coefficient (Wildman–Crippen LogP) is 1.48. The summed E-state index contributed by atoms with van der Waals surface area (Å²) in [5, 5.41) is 8.95. The van der Waals surface area contributed by atoms with E-state index in [1.165, 1.54) is 24.3 Å². The molecule has 8 heteroatoms. The molecular weight excluding hydrogens is 283 g/mol. The van der Waals surface area contributed by atoms with Gasteiger partial charge in [0, 0.05) is 5.69 Å². The maximum atomic E-state index is 12.7. The number of halogens is 1. The molecule has 1 heterocycles. The second-order valence-corrected chi connectivity index (χ2v) is 5.49. The van der Waals surface area contributed by atoms with Gasteiger partial charge in [0.1, 0.15) is 11.0 Å². The van der Waals surface area contributed by atoms with Crippen LogP contribution in [-0.2, 0) is 10.0 Å². The number of nitrogen functional groups attached to an aromatic ring is 1. The van der Waals surface area contributed by atoms with Gasteiger partial charge in [-0.15, -0.1) is 0 Å². The van der Waals surface area contributed by atoms with Gasteiger partial charge in [0.05, 0.1) is 17.4 Å². The van der Waals surface area contributed by atoms with Crippen LogP contribution in [0.4, 0.5) is 15.8 Å². The lowest BCUT2D eigenvalue weighted by molar-refractivity contribution is 0.583. The van der Waals surface area contributed by atoms with Crippen LogP contribution in [0.1, 0.15) is 5.56 Å². The van der Waals surface area contributed by atoms with Crippen LogP contribution in [0.5, 0.6) is 0 Å². The summed E-state index contributed by atoms with van der Waals surface area (Å²) in [6.45, 7) is 0. The third-order valence-corrected chi connectivity index (χ3v) is 3.83. The Labute approximate surface area is 114 Å². The Morgan fingerprint density at radius 1 is 1.30 bits per heavy atom. The highest BCUT2D eigenvalue weighted by Gasteiger charge is 2.19. The lowest BCUT2D eigenvalue weighted by atomic mass is 10.2. The van der Waals surface area contributed by atoms with Crippen LogP contribution in [-0.4, -0.2) is 13.4 Å². The van der Waals surface area contributed by atoms with Crippen LogP contribution in [0.25, 0.3) is 0 Å². The van der Waals surface area contributed by atoms with Crippen molar-refractivity contribution < 1.29 is 12.8 Å². The molecule has 1 aromatic carbocycles. The van der Waals surface area contributed by atoms with Crippen LogP contribution in [0.2, 0.25) is 0 Å². The Morgan fingerprint density at radius 2 is 2.05 bits per heavy atom. The molecule has 0 spiro atoms. The van der Waals surface area contributed by atoms with Gasteiger partial charge in [-0.25, -0.2) is 13.4 Å². The predicted molar refractivity (Wildman–Crippen MR) is 70.6 cm³/mol. The molecule has 1 aromatic heterocycles. The molecule has 0 radical (unpaired) electrons. The lowest BCUT2D eigenvalue weighted by Gasteiger charge is -2.09. The van der Waals surface area contributed by atoms with Crippen molar-refractivity contribution in [2.24, 2.45) is 0 Å². The molecule has 0 saturated carbocycles. The zero-order chi connectivity index (χ0) is 14.8. The number of nitrogens with one attached hydrogen (secondary N) is 1. The average Bonchev–Trinajstić information content (AvgIpc) is 2.40. The summed E-state index contributed by atoms with van der Waals surface area (Å²) in [6, 6.07) is 7.87. The number of hydrogen-bond donors (Lipinski definition) is 2. The van der Waals surface area contributed by atoms with Gasteiger partial charge in [-0.2, -0.15) is 9.65 Å². The molecule has 0 fully saturated rings. The highest BCUT2D eigenvalue weighted by atomic mass is 32.2. The molecule has 0 saturated heterocycles. The first-order valence-electron chi connectivity index (χ1n) is 5.36. The van der Waals surface area contributed by atoms with E-state index < -0.39 is 16.0 Å².